The fraction of sp³-hybridized carbons (Fsp3) is 0.364. The van der Waals surface area contributed by atoms with Crippen molar-refractivity contribution < 1.29 is 4.79 Å². The van der Waals surface area contributed by atoms with Crippen molar-refractivity contribution in [2.45, 2.75) is 19.4 Å². The Labute approximate surface area is 110 Å². The van der Waals surface area contributed by atoms with Gasteiger partial charge < -0.3 is 5.32 Å². The quantitative estimate of drug-likeness (QED) is 0.843. The molecule has 0 heterocycles. The lowest BCUT2D eigenvalue weighted by atomic mass is 10.1. The van der Waals surface area contributed by atoms with Crippen LogP contribution in [0.4, 0.5) is 0 Å². The molecule has 0 fully saturated rings. The minimum Gasteiger partial charge on any atom is -0.352 e. The topological polar surface area (TPSA) is 29.1 Å². The highest BCUT2D eigenvalue weighted by atomic mass is 35.5. The third kappa shape index (κ3) is 4.20. The van der Waals surface area contributed by atoms with Crippen LogP contribution in [0.15, 0.2) is 18.2 Å². The molecular weight excluding hydrogens is 268 g/mol. The van der Waals surface area contributed by atoms with Crippen LogP contribution >= 0.6 is 34.8 Å². The molecule has 0 radical (unpaired) electrons. The number of carbonyl (C=O) groups is 1. The van der Waals surface area contributed by atoms with Gasteiger partial charge in [0.25, 0.3) is 0 Å². The first-order chi connectivity index (χ1) is 7.52. The van der Waals surface area contributed by atoms with E-state index in [1.165, 1.54) is 0 Å². The Morgan fingerprint density at radius 1 is 1.38 bits per heavy atom. The summed E-state index contributed by atoms with van der Waals surface area (Å²) >= 11 is 17.2. The number of hydrogen-bond donors (Lipinski definition) is 1. The Bertz CT molecular complexity index is 381. The minimum absolute atomic E-state index is 0.0306. The summed E-state index contributed by atoms with van der Waals surface area (Å²) < 4.78 is 0. The summed E-state index contributed by atoms with van der Waals surface area (Å²) in [5, 5.41) is 3.71. The number of benzene rings is 1. The van der Waals surface area contributed by atoms with E-state index < -0.39 is 0 Å². The van der Waals surface area contributed by atoms with Crippen LogP contribution in [-0.2, 0) is 11.2 Å². The average molecular weight is 281 g/mol. The summed E-state index contributed by atoms with van der Waals surface area (Å²) in [6.45, 7) is 1.85. The largest absolute Gasteiger partial charge is 0.352 e. The Kier molecular flexibility index (Phi) is 5.39. The van der Waals surface area contributed by atoms with Crippen molar-refractivity contribution in [3.8, 4) is 0 Å². The number of hydrogen-bond acceptors (Lipinski definition) is 1. The summed E-state index contributed by atoms with van der Waals surface area (Å²) in [6, 6.07) is 5.11. The first-order valence-corrected chi connectivity index (χ1v) is 6.11. The van der Waals surface area contributed by atoms with Crippen LogP contribution in [0.1, 0.15) is 12.5 Å². The molecule has 1 atom stereocenters. The molecule has 1 N–H and O–H groups in total. The van der Waals surface area contributed by atoms with Gasteiger partial charge in [0, 0.05) is 11.9 Å². The summed E-state index contributed by atoms with van der Waals surface area (Å²) in [4.78, 5) is 11.5. The van der Waals surface area contributed by atoms with Gasteiger partial charge in [-0.1, -0.05) is 29.3 Å². The highest BCUT2D eigenvalue weighted by Crippen LogP contribution is 2.22. The van der Waals surface area contributed by atoms with Crippen LogP contribution in [0.5, 0.6) is 0 Å². The molecule has 1 aromatic carbocycles. The number of rotatable bonds is 4. The van der Waals surface area contributed by atoms with Gasteiger partial charge >= 0.3 is 0 Å². The van der Waals surface area contributed by atoms with Gasteiger partial charge in [-0.05, 0) is 24.6 Å². The summed E-state index contributed by atoms with van der Waals surface area (Å²) in [5.41, 5.74) is 0.827. The van der Waals surface area contributed by atoms with Gasteiger partial charge in [0.15, 0.2) is 0 Å². The highest BCUT2D eigenvalue weighted by Gasteiger charge is 2.08. The van der Waals surface area contributed by atoms with Crippen LogP contribution in [0, 0.1) is 0 Å². The fourth-order valence-electron chi connectivity index (χ4n) is 1.20. The van der Waals surface area contributed by atoms with Gasteiger partial charge in [0.05, 0.1) is 16.5 Å². The maximum Gasteiger partial charge on any atom is 0.224 e. The average Bonchev–Trinajstić information content (AvgIpc) is 2.23. The lowest BCUT2D eigenvalue weighted by molar-refractivity contribution is -0.120. The van der Waals surface area contributed by atoms with E-state index >= 15 is 0 Å². The molecule has 1 unspecified atom stereocenters. The maximum atomic E-state index is 11.5. The van der Waals surface area contributed by atoms with E-state index in [2.05, 4.69) is 5.32 Å². The monoisotopic (exact) mass is 279 g/mol. The standard InChI is InChI=1S/C11H12Cl3NO/c1-7(6-12)15-11(16)5-8-2-3-9(13)10(14)4-8/h2-4,7H,5-6H2,1H3,(H,15,16). The van der Waals surface area contributed by atoms with E-state index in [4.69, 9.17) is 34.8 Å². The van der Waals surface area contributed by atoms with Crippen molar-refractivity contribution in [2.24, 2.45) is 0 Å². The van der Waals surface area contributed by atoms with Gasteiger partial charge in [0.2, 0.25) is 5.91 Å². The fourth-order valence-corrected chi connectivity index (χ4v) is 1.60. The number of carbonyl (C=O) groups excluding carboxylic acids is 1. The Morgan fingerprint density at radius 3 is 2.62 bits per heavy atom. The van der Waals surface area contributed by atoms with E-state index in [0.717, 1.165) is 5.56 Å². The molecule has 16 heavy (non-hydrogen) atoms. The van der Waals surface area contributed by atoms with Gasteiger partial charge in [-0.15, -0.1) is 11.6 Å². The number of halogens is 3. The zero-order valence-electron chi connectivity index (χ0n) is 8.77. The zero-order chi connectivity index (χ0) is 12.1. The maximum absolute atomic E-state index is 11.5. The number of nitrogens with one attached hydrogen (secondary N) is 1. The van der Waals surface area contributed by atoms with Crippen LogP contribution in [0.2, 0.25) is 10.0 Å². The second-order valence-electron chi connectivity index (χ2n) is 3.55. The van der Waals surface area contributed by atoms with E-state index in [1.807, 2.05) is 6.92 Å². The summed E-state index contributed by atoms with van der Waals surface area (Å²) in [5.74, 6) is 0.319. The van der Waals surface area contributed by atoms with Crippen molar-refractivity contribution in [2.75, 3.05) is 5.88 Å². The normalized spacial score (nSPS) is 12.2. The molecule has 1 rings (SSSR count). The predicted octanol–water partition coefficient (Wildman–Crippen LogP) is 3.28. The lowest BCUT2D eigenvalue weighted by Crippen LogP contribution is -2.34. The highest BCUT2D eigenvalue weighted by molar-refractivity contribution is 6.42. The number of amides is 1. The smallest absolute Gasteiger partial charge is 0.224 e. The Hall–Kier alpha value is -0.440. The molecule has 2 nitrogen and oxygen atoms in total. The van der Waals surface area contributed by atoms with Gasteiger partial charge in [0.1, 0.15) is 0 Å². The molecule has 0 aliphatic rings. The summed E-state index contributed by atoms with van der Waals surface area (Å²) in [6.07, 6.45) is 0.276. The minimum atomic E-state index is -0.0773. The van der Waals surface area contributed by atoms with Crippen LogP contribution in [0.3, 0.4) is 0 Å². The zero-order valence-corrected chi connectivity index (χ0v) is 11.0. The molecule has 0 aliphatic heterocycles. The molecule has 88 valence electrons. The molecule has 0 saturated heterocycles. The molecule has 0 aliphatic carbocycles. The third-order valence-electron chi connectivity index (χ3n) is 1.99. The van der Waals surface area contributed by atoms with E-state index in [1.54, 1.807) is 18.2 Å². The Balaban J connectivity index is 2.59. The van der Waals surface area contributed by atoms with Crippen molar-refractivity contribution in [3.05, 3.63) is 33.8 Å². The SMILES string of the molecule is CC(CCl)NC(=O)Cc1ccc(Cl)c(Cl)c1. The second-order valence-corrected chi connectivity index (χ2v) is 4.67. The first-order valence-electron chi connectivity index (χ1n) is 4.82. The van der Waals surface area contributed by atoms with Crippen molar-refractivity contribution in [1.82, 2.24) is 5.32 Å². The predicted molar refractivity (Wildman–Crippen MR) is 68.5 cm³/mol. The van der Waals surface area contributed by atoms with E-state index in [9.17, 15) is 4.79 Å². The van der Waals surface area contributed by atoms with Crippen molar-refractivity contribution in [1.29, 1.82) is 0 Å². The van der Waals surface area contributed by atoms with Crippen LogP contribution < -0.4 is 5.32 Å². The second kappa shape index (κ2) is 6.33. The van der Waals surface area contributed by atoms with E-state index in [0.29, 0.717) is 15.9 Å². The first kappa shape index (κ1) is 13.6. The molecule has 1 aromatic rings. The van der Waals surface area contributed by atoms with Crippen LogP contribution in [0.25, 0.3) is 0 Å². The van der Waals surface area contributed by atoms with Gasteiger partial charge in [-0.2, -0.15) is 0 Å². The van der Waals surface area contributed by atoms with Gasteiger partial charge in [-0.3, -0.25) is 4.79 Å². The van der Waals surface area contributed by atoms with E-state index in [-0.39, 0.29) is 18.4 Å². The molecule has 0 spiro atoms. The Morgan fingerprint density at radius 2 is 2.06 bits per heavy atom. The molecule has 0 bridgehead atoms. The van der Waals surface area contributed by atoms with Crippen LogP contribution in [-0.4, -0.2) is 17.8 Å². The number of alkyl halides is 1. The molecular formula is C11H12Cl3NO. The third-order valence-corrected chi connectivity index (χ3v) is 3.19. The lowest BCUT2D eigenvalue weighted by Gasteiger charge is -2.10. The molecule has 0 aromatic heterocycles. The van der Waals surface area contributed by atoms with Crippen molar-refractivity contribution >= 4 is 40.7 Å². The molecule has 1 amide bonds. The molecule has 5 heteroatoms. The van der Waals surface area contributed by atoms with Crippen molar-refractivity contribution in [3.63, 3.8) is 0 Å². The van der Waals surface area contributed by atoms with Gasteiger partial charge in [-0.25, -0.2) is 0 Å². The summed E-state index contributed by atoms with van der Waals surface area (Å²) in [7, 11) is 0. The molecule has 0 saturated carbocycles.